The lowest BCUT2D eigenvalue weighted by molar-refractivity contribution is 0.251. The Hall–Kier alpha value is -2.34. The van der Waals surface area contributed by atoms with E-state index in [4.69, 9.17) is 5.73 Å². The van der Waals surface area contributed by atoms with Crippen molar-refractivity contribution in [1.82, 2.24) is 15.1 Å². The molecule has 0 aliphatic rings. The molecule has 1 aromatic heterocycles. The summed E-state index contributed by atoms with van der Waals surface area (Å²) in [5, 5.41) is 9.60. The zero-order valence-electron chi connectivity index (χ0n) is 10.8. The van der Waals surface area contributed by atoms with Crippen molar-refractivity contribution in [1.29, 1.82) is 0 Å². The molecule has 6 nitrogen and oxygen atoms in total. The third-order valence-corrected chi connectivity index (χ3v) is 2.65. The van der Waals surface area contributed by atoms with Crippen LogP contribution >= 0.6 is 0 Å². The van der Waals surface area contributed by atoms with Crippen LogP contribution in [0, 0.1) is 0 Å². The summed E-state index contributed by atoms with van der Waals surface area (Å²) in [6.07, 6.45) is 1.78. The molecule has 1 aromatic carbocycles. The number of hydrogen-bond acceptors (Lipinski definition) is 3. The highest BCUT2D eigenvalue weighted by Crippen LogP contribution is 2.11. The zero-order chi connectivity index (χ0) is 13.7. The second kappa shape index (κ2) is 6.01. The lowest BCUT2D eigenvalue weighted by Gasteiger charge is -2.06. The van der Waals surface area contributed by atoms with E-state index in [0.29, 0.717) is 18.9 Å². The SMILES string of the molecule is Cn1cc(CN)c(NC(=O)NCc2ccccc2)n1. The van der Waals surface area contributed by atoms with Crippen molar-refractivity contribution in [3.63, 3.8) is 0 Å². The number of rotatable bonds is 4. The van der Waals surface area contributed by atoms with Crippen LogP contribution < -0.4 is 16.4 Å². The molecule has 2 rings (SSSR count). The summed E-state index contributed by atoms with van der Waals surface area (Å²) in [6.45, 7) is 0.805. The van der Waals surface area contributed by atoms with Gasteiger partial charge in [0.15, 0.2) is 5.82 Å². The Morgan fingerprint density at radius 3 is 2.79 bits per heavy atom. The number of benzene rings is 1. The van der Waals surface area contributed by atoms with Gasteiger partial charge in [0, 0.05) is 31.9 Å². The number of hydrogen-bond donors (Lipinski definition) is 3. The molecule has 0 fully saturated rings. The van der Waals surface area contributed by atoms with Gasteiger partial charge in [-0.1, -0.05) is 30.3 Å². The Morgan fingerprint density at radius 2 is 2.11 bits per heavy atom. The number of carbonyl (C=O) groups excluding carboxylic acids is 1. The van der Waals surface area contributed by atoms with E-state index >= 15 is 0 Å². The number of nitrogens with one attached hydrogen (secondary N) is 2. The Balaban J connectivity index is 1.91. The van der Waals surface area contributed by atoms with Gasteiger partial charge < -0.3 is 11.1 Å². The standard InChI is InChI=1S/C13H17N5O/c1-18-9-11(7-14)12(17-18)16-13(19)15-8-10-5-3-2-4-6-10/h2-6,9H,7-8,14H2,1H3,(H2,15,16,17,19). The average Bonchev–Trinajstić information content (AvgIpc) is 2.77. The van der Waals surface area contributed by atoms with E-state index in [1.165, 1.54) is 0 Å². The number of nitrogens with two attached hydrogens (primary N) is 1. The number of anilines is 1. The van der Waals surface area contributed by atoms with E-state index in [1.54, 1.807) is 17.9 Å². The quantitative estimate of drug-likeness (QED) is 0.771. The third-order valence-electron chi connectivity index (χ3n) is 2.65. The second-order valence-electron chi connectivity index (χ2n) is 4.17. The van der Waals surface area contributed by atoms with Crippen LogP contribution in [0.1, 0.15) is 11.1 Å². The van der Waals surface area contributed by atoms with Gasteiger partial charge in [-0.2, -0.15) is 5.10 Å². The summed E-state index contributed by atoms with van der Waals surface area (Å²) in [5.74, 6) is 0.496. The minimum absolute atomic E-state index is 0.294. The van der Waals surface area contributed by atoms with Crippen molar-refractivity contribution in [2.75, 3.05) is 5.32 Å². The predicted octanol–water partition coefficient (Wildman–Crippen LogP) is 1.20. The minimum atomic E-state index is -0.294. The lowest BCUT2D eigenvalue weighted by atomic mass is 10.2. The molecule has 0 saturated heterocycles. The van der Waals surface area contributed by atoms with Crippen LogP contribution in [0.2, 0.25) is 0 Å². The van der Waals surface area contributed by atoms with Gasteiger partial charge in [-0.05, 0) is 5.56 Å². The number of amides is 2. The topological polar surface area (TPSA) is 85.0 Å². The highest BCUT2D eigenvalue weighted by molar-refractivity contribution is 5.88. The molecule has 19 heavy (non-hydrogen) atoms. The first-order valence-electron chi connectivity index (χ1n) is 6.00. The van der Waals surface area contributed by atoms with Crippen LogP contribution in [0.3, 0.4) is 0 Å². The summed E-state index contributed by atoms with van der Waals surface area (Å²) >= 11 is 0. The molecule has 1 heterocycles. The van der Waals surface area contributed by atoms with Crippen LogP contribution in [0.5, 0.6) is 0 Å². The van der Waals surface area contributed by atoms with Crippen LogP contribution in [-0.2, 0) is 20.1 Å². The average molecular weight is 259 g/mol. The molecule has 0 aliphatic carbocycles. The van der Waals surface area contributed by atoms with E-state index in [-0.39, 0.29) is 6.03 Å². The van der Waals surface area contributed by atoms with Crippen molar-refractivity contribution >= 4 is 11.8 Å². The van der Waals surface area contributed by atoms with Gasteiger partial charge in [0.25, 0.3) is 0 Å². The molecule has 4 N–H and O–H groups in total. The monoisotopic (exact) mass is 259 g/mol. The maximum absolute atomic E-state index is 11.8. The first kappa shape index (κ1) is 13.1. The van der Waals surface area contributed by atoms with Gasteiger partial charge in [0.2, 0.25) is 0 Å². The van der Waals surface area contributed by atoms with Gasteiger partial charge in [-0.3, -0.25) is 10.00 Å². The molecule has 0 saturated carbocycles. The highest BCUT2D eigenvalue weighted by Gasteiger charge is 2.09. The van der Waals surface area contributed by atoms with Crippen molar-refractivity contribution in [2.24, 2.45) is 12.8 Å². The second-order valence-corrected chi connectivity index (χ2v) is 4.17. The summed E-state index contributed by atoms with van der Waals surface area (Å²) in [7, 11) is 1.78. The van der Waals surface area contributed by atoms with Crippen molar-refractivity contribution in [2.45, 2.75) is 13.1 Å². The van der Waals surface area contributed by atoms with Crippen LogP contribution in [0.4, 0.5) is 10.6 Å². The molecule has 0 atom stereocenters. The molecule has 0 aliphatic heterocycles. The maximum atomic E-state index is 11.8. The largest absolute Gasteiger partial charge is 0.334 e. The number of urea groups is 1. The number of aromatic nitrogens is 2. The van der Waals surface area contributed by atoms with Crippen LogP contribution in [-0.4, -0.2) is 15.8 Å². The number of aryl methyl sites for hydroxylation is 1. The molecule has 100 valence electrons. The van der Waals surface area contributed by atoms with E-state index in [1.807, 2.05) is 30.3 Å². The summed E-state index contributed by atoms with van der Waals surface area (Å²) in [6, 6.07) is 9.40. The van der Waals surface area contributed by atoms with E-state index in [0.717, 1.165) is 11.1 Å². The number of carbonyl (C=O) groups is 1. The fraction of sp³-hybridized carbons (Fsp3) is 0.231. The van der Waals surface area contributed by atoms with Crippen molar-refractivity contribution < 1.29 is 4.79 Å². The zero-order valence-corrected chi connectivity index (χ0v) is 10.8. The Kier molecular flexibility index (Phi) is 4.15. The molecule has 0 bridgehead atoms. The first-order valence-corrected chi connectivity index (χ1v) is 6.00. The predicted molar refractivity (Wildman–Crippen MR) is 73.4 cm³/mol. The van der Waals surface area contributed by atoms with E-state index in [2.05, 4.69) is 15.7 Å². The summed E-state index contributed by atoms with van der Waals surface area (Å²) in [4.78, 5) is 11.8. The molecule has 2 amide bonds. The fourth-order valence-corrected chi connectivity index (χ4v) is 1.72. The van der Waals surface area contributed by atoms with Gasteiger partial charge in [-0.25, -0.2) is 4.79 Å². The van der Waals surface area contributed by atoms with E-state index < -0.39 is 0 Å². The lowest BCUT2D eigenvalue weighted by Crippen LogP contribution is -2.28. The minimum Gasteiger partial charge on any atom is -0.334 e. The summed E-state index contributed by atoms with van der Waals surface area (Å²) < 4.78 is 1.62. The first-order chi connectivity index (χ1) is 9.19. The smallest absolute Gasteiger partial charge is 0.320 e. The van der Waals surface area contributed by atoms with E-state index in [9.17, 15) is 4.79 Å². The Bertz CT molecular complexity index is 549. The van der Waals surface area contributed by atoms with Crippen molar-refractivity contribution in [3.8, 4) is 0 Å². The third kappa shape index (κ3) is 3.56. The fourth-order valence-electron chi connectivity index (χ4n) is 1.72. The van der Waals surface area contributed by atoms with Gasteiger partial charge >= 0.3 is 6.03 Å². The normalized spacial score (nSPS) is 10.2. The maximum Gasteiger partial charge on any atom is 0.320 e. The van der Waals surface area contributed by atoms with Gasteiger partial charge in [0.05, 0.1) is 0 Å². The molecule has 2 aromatic rings. The van der Waals surface area contributed by atoms with Crippen LogP contribution in [0.25, 0.3) is 0 Å². The van der Waals surface area contributed by atoms with Crippen molar-refractivity contribution in [3.05, 3.63) is 47.7 Å². The van der Waals surface area contributed by atoms with Gasteiger partial charge in [0.1, 0.15) is 0 Å². The molecule has 6 heteroatoms. The van der Waals surface area contributed by atoms with Gasteiger partial charge in [-0.15, -0.1) is 0 Å². The Labute approximate surface area is 111 Å². The molecular formula is C13H17N5O. The number of nitrogens with zero attached hydrogens (tertiary/aromatic N) is 2. The molecule has 0 unspecified atom stereocenters. The van der Waals surface area contributed by atoms with Crippen LogP contribution in [0.15, 0.2) is 36.5 Å². The molecule has 0 spiro atoms. The molecular weight excluding hydrogens is 242 g/mol. The summed E-state index contributed by atoms with van der Waals surface area (Å²) in [5.41, 5.74) is 7.42. The Morgan fingerprint density at radius 1 is 1.37 bits per heavy atom. The highest BCUT2D eigenvalue weighted by atomic mass is 16.2. The molecule has 0 radical (unpaired) electrons.